The molecule has 2 aliphatic rings. The van der Waals surface area contributed by atoms with Gasteiger partial charge in [-0.1, -0.05) is 0 Å². The quantitative estimate of drug-likeness (QED) is 0.660. The highest BCUT2D eigenvalue weighted by Gasteiger charge is 2.25. The molecule has 0 aromatic heterocycles. The van der Waals surface area contributed by atoms with Crippen LogP contribution in [0.3, 0.4) is 0 Å². The average Bonchev–Trinajstić information content (AvgIpc) is 2.67. The molecule has 2 heterocycles. The SMILES string of the molecule is CC1CCC(CN2CCN(CC#N)CC2)O1. The lowest BCUT2D eigenvalue weighted by molar-refractivity contribution is 0.0204. The molecule has 4 nitrogen and oxygen atoms in total. The molecule has 0 radical (unpaired) electrons. The van der Waals surface area contributed by atoms with Crippen molar-refractivity contribution in [3.63, 3.8) is 0 Å². The molecule has 0 aromatic rings. The molecule has 0 spiro atoms. The third-order valence-corrected chi connectivity index (χ3v) is 3.54. The molecule has 4 heteroatoms. The summed E-state index contributed by atoms with van der Waals surface area (Å²) in [6.45, 7) is 8.01. The summed E-state index contributed by atoms with van der Waals surface area (Å²) in [7, 11) is 0. The highest BCUT2D eigenvalue weighted by Crippen LogP contribution is 2.20. The summed E-state index contributed by atoms with van der Waals surface area (Å²) in [5.74, 6) is 0. The molecule has 0 amide bonds. The van der Waals surface area contributed by atoms with E-state index in [2.05, 4.69) is 22.8 Å². The number of rotatable bonds is 3. The Labute approximate surface area is 97.8 Å². The number of hydrogen-bond acceptors (Lipinski definition) is 4. The van der Waals surface area contributed by atoms with Crippen LogP contribution in [0.15, 0.2) is 0 Å². The molecule has 2 unspecified atom stereocenters. The van der Waals surface area contributed by atoms with Gasteiger partial charge in [0.25, 0.3) is 0 Å². The minimum absolute atomic E-state index is 0.442. The van der Waals surface area contributed by atoms with E-state index in [1.54, 1.807) is 0 Å². The minimum Gasteiger partial charge on any atom is -0.374 e. The van der Waals surface area contributed by atoms with E-state index in [0.29, 0.717) is 18.8 Å². The molecule has 0 aliphatic carbocycles. The van der Waals surface area contributed by atoms with Crippen molar-refractivity contribution in [2.45, 2.75) is 32.0 Å². The van der Waals surface area contributed by atoms with Gasteiger partial charge in [-0.2, -0.15) is 5.26 Å². The zero-order chi connectivity index (χ0) is 11.4. The Morgan fingerprint density at radius 1 is 1.19 bits per heavy atom. The lowest BCUT2D eigenvalue weighted by Gasteiger charge is -2.34. The van der Waals surface area contributed by atoms with Gasteiger partial charge in [0.1, 0.15) is 0 Å². The summed E-state index contributed by atoms with van der Waals surface area (Å²) in [6, 6.07) is 2.21. The van der Waals surface area contributed by atoms with Crippen molar-refractivity contribution in [1.82, 2.24) is 9.80 Å². The van der Waals surface area contributed by atoms with Crippen molar-refractivity contribution in [1.29, 1.82) is 5.26 Å². The predicted octanol–water partition coefficient (Wildman–Crippen LogP) is 0.695. The van der Waals surface area contributed by atoms with Gasteiger partial charge in [-0.25, -0.2) is 0 Å². The lowest BCUT2D eigenvalue weighted by atomic mass is 10.2. The predicted molar refractivity (Wildman–Crippen MR) is 62.1 cm³/mol. The summed E-state index contributed by atoms with van der Waals surface area (Å²) in [4.78, 5) is 4.69. The maximum atomic E-state index is 8.62. The Bertz CT molecular complexity index is 255. The van der Waals surface area contributed by atoms with Crippen LogP contribution in [-0.2, 0) is 4.74 Å². The van der Waals surface area contributed by atoms with Gasteiger partial charge in [0.2, 0.25) is 0 Å². The molecule has 16 heavy (non-hydrogen) atoms. The Balaban J connectivity index is 1.67. The second-order valence-corrected chi connectivity index (χ2v) is 4.88. The van der Waals surface area contributed by atoms with Crippen molar-refractivity contribution in [2.75, 3.05) is 39.3 Å². The van der Waals surface area contributed by atoms with E-state index < -0.39 is 0 Å². The van der Waals surface area contributed by atoms with Crippen LogP contribution in [0.4, 0.5) is 0 Å². The molecule has 0 N–H and O–H groups in total. The van der Waals surface area contributed by atoms with Gasteiger partial charge in [-0.3, -0.25) is 9.80 Å². The summed E-state index contributed by atoms with van der Waals surface area (Å²) in [5, 5.41) is 8.62. The van der Waals surface area contributed by atoms with E-state index in [1.807, 2.05) is 0 Å². The lowest BCUT2D eigenvalue weighted by Crippen LogP contribution is -2.48. The van der Waals surface area contributed by atoms with Gasteiger partial charge in [-0.15, -0.1) is 0 Å². The molecule has 0 saturated carbocycles. The van der Waals surface area contributed by atoms with Crippen molar-refractivity contribution < 1.29 is 4.74 Å². The minimum atomic E-state index is 0.442. The topological polar surface area (TPSA) is 39.5 Å². The molecular formula is C12H21N3O. The Morgan fingerprint density at radius 2 is 1.88 bits per heavy atom. The van der Waals surface area contributed by atoms with E-state index >= 15 is 0 Å². The van der Waals surface area contributed by atoms with Gasteiger partial charge >= 0.3 is 0 Å². The second-order valence-electron chi connectivity index (χ2n) is 4.88. The highest BCUT2D eigenvalue weighted by molar-refractivity contribution is 4.82. The number of piperazine rings is 1. The van der Waals surface area contributed by atoms with Gasteiger partial charge in [0.05, 0.1) is 24.8 Å². The standard InChI is InChI=1S/C12H21N3O/c1-11-2-3-12(16-11)10-15-8-6-14(5-4-13)7-9-15/h11-12H,2-3,5-10H2,1H3. The number of nitriles is 1. The first kappa shape index (κ1) is 11.8. The fraction of sp³-hybridized carbons (Fsp3) is 0.917. The maximum Gasteiger partial charge on any atom is 0.0866 e. The number of hydrogen-bond donors (Lipinski definition) is 0. The second kappa shape index (κ2) is 5.62. The van der Waals surface area contributed by atoms with Crippen molar-refractivity contribution >= 4 is 0 Å². The van der Waals surface area contributed by atoms with Crippen molar-refractivity contribution in [3.05, 3.63) is 0 Å². The number of nitrogens with zero attached hydrogens (tertiary/aromatic N) is 3. The molecule has 2 saturated heterocycles. The Kier molecular flexibility index (Phi) is 4.16. The van der Waals surface area contributed by atoms with Crippen molar-refractivity contribution in [2.24, 2.45) is 0 Å². The highest BCUT2D eigenvalue weighted by atomic mass is 16.5. The summed E-state index contributed by atoms with van der Waals surface area (Å²) in [5.41, 5.74) is 0. The van der Waals surface area contributed by atoms with Gasteiger partial charge < -0.3 is 4.74 Å². The fourth-order valence-corrected chi connectivity index (χ4v) is 2.54. The first-order valence-corrected chi connectivity index (χ1v) is 6.25. The van der Waals surface area contributed by atoms with Gasteiger partial charge in [0, 0.05) is 32.7 Å². The van der Waals surface area contributed by atoms with E-state index in [4.69, 9.17) is 10.00 Å². The third kappa shape index (κ3) is 3.18. The molecular weight excluding hydrogens is 202 g/mol. The summed E-state index contributed by atoms with van der Waals surface area (Å²) >= 11 is 0. The molecule has 90 valence electrons. The number of ether oxygens (including phenoxy) is 1. The summed E-state index contributed by atoms with van der Waals surface area (Å²) in [6.07, 6.45) is 3.31. The molecule has 2 fully saturated rings. The molecule has 0 aromatic carbocycles. The fourth-order valence-electron chi connectivity index (χ4n) is 2.54. The van der Waals surface area contributed by atoms with Crippen LogP contribution in [0, 0.1) is 11.3 Å². The van der Waals surface area contributed by atoms with E-state index in [0.717, 1.165) is 32.7 Å². The maximum absolute atomic E-state index is 8.62. The van der Waals surface area contributed by atoms with Crippen LogP contribution >= 0.6 is 0 Å². The van der Waals surface area contributed by atoms with E-state index in [9.17, 15) is 0 Å². The normalized spacial score (nSPS) is 32.8. The molecule has 0 bridgehead atoms. The van der Waals surface area contributed by atoms with Crippen molar-refractivity contribution in [3.8, 4) is 6.07 Å². The first-order chi connectivity index (χ1) is 7.78. The molecule has 2 rings (SSSR count). The molecule has 2 aliphatic heterocycles. The van der Waals surface area contributed by atoms with Crippen LogP contribution in [-0.4, -0.2) is 61.3 Å². The molecule has 2 atom stereocenters. The average molecular weight is 223 g/mol. The van der Waals surface area contributed by atoms with Crippen LogP contribution in [0.5, 0.6) is 0 Å². The summed E-state index contributed by atoms with van der Waals surface area (Å²) < 4.78 is 5.83. The zero-order valence-electron chi connectivity index (χ0n) is 10.1. The first-order valence-electron chi connectivity index (χ1n) is 6.25. The van der Waals surface area contributed by atoms with Gasteiger partial charge in [0.15, 0.2) is 0 Å². The van der Waals surface area contributed by atoms with Crippen LogP contribution in [0.2, 0.25) is 0 Å². The van der Waals surface area contributed by atoms with E-state index in [1.165, 1.54) is 12.8 Å². The Hall–Kier alpha value is -0.630. The van der Waals surface area contributed by atoms with Crippen LogP contribution in [0.1, 0.15) is 19.8 Å². The Morgan fingerprint density at radius 3 is 2.44 bits per heavy atom. The smallest absolute Gasteiger partial charge is 0.0866 e. The van der Waals surface area contributed by atoms with Gasteiger partial charge in [-0.05, 0) is 19.8 Å². The van der Waals surface area contributed by atoms with Crippen LogP contribution in [0.25, 0.3) is 0 Å². The monoisotopic (exact) mass is 223 g/mol. The van der Waals surface area contributed by atoms with E-state index in [-0.39, 0.29) is 0 Å². The third-order valence-electron chi connectivity index (χ3n) is 3.54. The van der Waals surface area contributed by atoms with Crippen LogP contribution < -0.4 is 0 Å². The largest absolute Gasteiger partial charge is 0.374 e. The zero-order valence-corrected chi connectivity index (χ0v) is 10.1.